The number of para-hydroxylation sites is 1. The standard InChI is InChI=1S/C22H30N2O4.ClH/c1-2-13-24-22(26)17-28-21-10-8-18(9-11-21)12-14-23-15-19(25)16-27-20-6-4-3-5-7-20;/h3-11,19,23,25H,2,12-17H2,1H3,(H,24,26);1H. The van der Waals surface area contributed by atoms with Gasteiger partial charge in [-0.05, 0) is 49.2 Å². The van der Waals surface area contributed by atoms with E-state index in [-0.39, 0.29) is 31.5 Å². The first-order chi connectivity index (χ1) is 13.7. The maximum Gasteiger partial charge on any atom is 0.257 e. The van der Waals surface area contributed by atoms with Crippen molar-refractivity contribution >= 4 is 18.3 Å². The molecule has 1 amide bonds. The van der Waals surface area contributed by atoms with Crippen LogP contribution in [0.15, 0.2) is 54.6 Å². The van der Waals surface area contributed by atoms with Crippen molar-refractivity contribution < 1.29 is 19.4 Å². The second-order valence-corrected chi connectivity index (χ2v) is 6.51. The van der Waals surface area contributed by atoms with E-state index in [9.17, 15) is 9.90 Å². The Bertz CT molecular complexity index is 683. The molecule has 2 aromatic carbocycles. The van der Waals surface area contributed by atoms with Gasteiger partial charge in [-0.2, -0.15) is 0 Å². The lowest BCUT2D eigenvalue weighted by Gasteiger charge is -2.13. The van der Waals surface area contributed by atoms with Gasteiger partial charge in [0.25, 0.3) is 5.91 Å². The Morgan fingerprint density at radius 2 is 1.69 bits per heavy atom. The van der Waals surface area contributed by atoms with Crippen molar-refractivity contribution in [2.45, 2.75) is 25.9 Å². The van der Waals surface area contributed by atoms with E-state index in [1.165, 1.54) is 0 Å². The van der Waals surface area contributed by atoms with Gasteiger partial charge in [0.1, 0.15) is 24.2 Å². The number of nitrogens with one attached hydrogen (secondary N) is 2. The molecule has 0 spiro atoms. The number of aliphatic hydroxyl groups excluding tert-OH is 1. The van der Waals surface area contributed by atoms with Crippen LogP contribution in [-0.2, 0) is 11.2 Å². The van der Waals surface area contributed by atoms with Gasteiger partial charge in [-0.3, -0.25) is 4.79 Å². The smallest absolute Gasteiger partial charge is 0.257 e. The van der Waals surface area contributed by atoms with Crippen LogP contribution in [0, 0.1) is 0 Å². The third kappa shape index (κ3) is 10.7. The molecule has 0 aliphatic rings. The summed E-state index contributed by atoms with van der Waals surface area (Å²) in [5, 5.41) is 16.0. The van der Waals surface area contributed by atoms with Gasteiger partial charge in [0.15, 0.2) is 6.61 Å². The third-order valence-corrected chi connectivity index (χ3v) is 4.02. The van der Waals surface area contributed by atoms with E-state index in [4.69, 9.17) is 9.47 Å². The lowest BCUT2D eigenvalue weighted by molar-refractivity contribution is -0.123. The molecule has 1 unspecified atom stereocenters. The van der Waals surface area contributed by atoms with Gasteiger partial charge in [-0.1, -0.05) is 37.3 Å². The largest absolute Gasteiger partial charge is 0.491 e. The summed E-state index contributed by atoms with van der Waals surface area (Å²) in [4.78, 5) is 11.5. The number of aliphatic hydroxyl groups is 1. The second kappa shape index (κ2) is 14.7. The Hall–Kier alpha value is -2.28. The number of carbonyl (C=O) groups excluding carboxylic acids is 1. The Balaban J connectivity index is 0.00000420. The molecule has 0 radical (unpaired) electrons. The molecule has 3 N–H and O–H groups in total. The lowest BCUT2D eigenvalue weighted by Crippen LogP contribution is -2.32. The van der Waals surface area contributed by atoms with E-state index >= 15 is 0 Å². The Kier molecular flexibility index (Phi) is 12.5. The third-order valence-electron chi connectivity index (χ3n) is 4.02. The zero-order chi connectivity index (χ0) is 20.0. The molecule has 0 fully saturated rings. The van der Waals surface area contributed by atoms with Gasteiger partial charge in [-0.15, -0.1) is 12.4 Å². The fourth-order valence-electron chi connectivity index (χ4n) is 2.49. The number of amides is 1. The molecule has 1 atom stereocenters. The van der Waals surface area contributed by atoms with Gasteiger partial charge >= 0.3 is 0 Å². The van der Waals surface area contributed by atoms with Gasteiger partial charge in [0.2, 0.25) is 0 Å². The first-order valence-electron chi connectivity index (χ1n) is 9.72. The first-order valence-corrected chi connectivity index (χ1v) is 9.72. The van der Waals surface area contributed by atoms with E-state index in [0.717, 1.165) is 30.7 Å². The van der Waals surface area contributed by atoms with E-state index in [0.29, 0.717) is 18.8 Å². The monoisotopic (exact) mass is 422 g/mol. The molecule has 29 heavy (non-hydrogen) atoms. The van der Waals surface area contributed by atoms with Crippen LogP contribution in [0.25, 0.3) is 0 Å². The Labute approximate surface area is 179 Å². The van der Waals surface area contributed by atoms with Crippen LogP contribution in [0.4, 0.5) is 0 Å². The predicted molar refractivity (Wildman–Crippen MR) is 117 cm³/mol. The first kappa shape index (κ1) is 24.8. The number of rotatable bonds is 13. The molecule has 0 saturated carbocycles. The number of halogens is 1. The zero-order valence-electron chi connectivity index (χ0n) is 16.8. The molecule has 2 rings (SSSR count). The van der Waals surface area contributed by atoms with Gasteiger partial charge < -0.3 is 25.2 Å². The summed E-state index contributed by atoms with van der Waals surface area (Å²) in [6.45, 7) is 4.19. The van der Waals surface area contributed by atoms with Gasteiger partial charge in [0.05, 0.1) is 0 Å². The molecule has 6 nitrogen and oxygen atoms in total. The summed E-state index contributed by atoms with van der Waals surface area (Å²) >= 11 is 0. The lowest BCUT2D eigenvalue weighted by atomic mass is 10.1. The molecule has 2 aromatic rings. The van der Waals surface area contributed by atoms with Crippen molar-refractivity contribution in [2.75, 3.05) is 32.8 Å². The molecule has 0 aliphatic carbocycles. The van der Waals surface area contributed by atoms with Gasteiger partial charge in [-0.25, -0.2) is 0 Å². The number of carbonyl (C=O) groups is 1. The van der Waals surface area contributed by atoms with Crippen molar-refractivity contribution in [3.8, 4) is 11.5 Å². The van der Waals surface area contributed by atoms with Crippen molar-refractivity contribution in [1.29, 1.82) is 0 Å². The topological polar surface area (TPSA) is 79.8 Å². The molecule has 0 saturated heterocycles. The fourth-order valence-corrected chi connectivity index (χ4v) is 2.49. The second-order valence-electron chi connectivity index (χ2n) is 6.51. The Morgan fingerprint density at radius 3 is 2.38 bits per heavy atom. The van der Waals surface area contributed by atoms with Crippen molar-refractivity contribution in [3.63, 3.8) is 0 Å². The highest BCUT2D eigenvalue weighted by Crippen LogP contribution is 2.12. The molecule has 0 aromatic heterocycles. The summed E-state index contributed by atoms with van der Waals surface area (Å²) in [6.07, 6.45) is 1.18. The number of hydrogen-bond acceptors (Lipinski definition) is 5. The maximum absolute atomic E-state index is 11.5. The van der Waals surface area contributed by atoms with E-state index in [1.54, 1.807) is 0 Å². The number of benzene rings is 2. The van der Waals surface area contributed by atoms with Gasteiger partial charge in [0, 0.05) is 13.1 Å². The van der Waals surface area contributed by atoms with E-state index in [2.05, 4.69) is 10.6 Å². The van der Waals surface area contributed by atoms with E-state index in [1.807, 2.05) is 61.5 Å². The summed E-state index contributed by atoms with van der Waals surface area (Å²) in [5.41, 5.74) is 1.16. The van der Waals surface area contributed by atoms with Crippen molar-refractivity contribution in [2.24, 2.45) is 0 Å². The van der Waals surface area contributed by atoms with Crippen LogP contribution in [0.3, 0.4) is 0 Å². The minimum Gasteiger partial charge on any atom is -0.491 e. The van der Waals surface area contributed by atoms with E-state index < -0.39 is 6.10 Å². The molecule has 0 aliphatic heterocycles. The van der Waals surface area contributed by atoms with Crippen LogP contribution in [-0.4, -0.2) is 50.0 Å². The molecular formula is C22H31ClN2O4. The van der Waals surface area contributed by atoms with Crippen LogP contribution in [0.5, 0.6) is 11.5 Å². The zero-order valence-corrected chi connectivity index (χ0v) is 17.6. The quantitative estimate of drug-likeness (QED) is 0.432. The molecule has 0 heterocycles. The number of hydrogen-bond donors (Lipinski definition) is 3. The average Bonchev–Trinajstić information content (AvgIpc) is 2.74. The summed E-state index contributed by atoms with van der Waals surface area (Å²) < 4.78 is 11.0. The summed E-state index contributed by atoms with van der Waals surface area (Å²) in [6, 6.07) is 17.2. The SMILES string of the molecule is CCCNC(=O)COc1ccc(CCNCC(O)COc2ccccc2)cc1.Cl. The maximum atomic E-state index is 11.5. The number of ether oxygens (including phenoxy) is 2. The highest BCUT2D eigenvalue weighted by atomic mass is 35.5. The highest BCUT2D eigenvalue weighted by Gasteiger charge is 2.05. The fraction of sp³-hybridized carbons (Fsp3) is 0.409. The molecule has 7 heteroatoms. The molecule has 160 valence electrons. The Morgan fingerprint density at radius 1 is 1.00 bits per heavy atom. The summed E-state index contributed by atoms with van der Waals surface area (Å²) in [5.74, 6) is 1.33. The minimum atomic E-state index is -0.560. The van der Waals surface area contributed by atoms with Crippen LogP contribution in [0.1, 0.15) is 18.9 Å². The highest BCUT2D eigenvalue weighted by molar-refractivity contribution is 5.85. The van der Waals surface area contributed by atoms with Crippen molar-refractivity contribution in [1.82, 2.24) is 10.6 Å². The minimum absolute atomic E-state index is 0. The molecule has 0 bridgehead atoms. The summed E-state index contributed by atoms with van der Waals surface area (Å²) in [7, 11) is 0. The van der Waals surface area contributed by atoms with Crippen LogP contribution in [0.2, 0.25) is 0 Å². The average molecular weight is 423 g/mol. The van der Waals surface area contributed by atoms with Crippen LogP contribution < -0.4 is 20.1 Å². The van der Waals surface area contributed by atoms with Crippen LogP contribution >= 0.6 is 12.4 Å². The van der Waals surface area contributed by atoms with Crippen molar-refractivity contribution in [3.05, 3.63) is 60.2 Å². The normalized spacial score (nSPS) is 11.2. The molecular weight excluding hydrogens is 392 g/mol. The predicted octanol–water partition coefficient (Wildman–Crippen LogP) is 2.59.